The number of hydrogen-bond donors (Lipinski definition) is 1. The van der Waals surface area contributed by atoms with Gasteiger partial charge in [-0.1, -0.05) is 35.9 Å². The summed E-state index contributed by atoms with van der Waals surface area (Å²) in [7, 11) is 0. The predicted molar refractivity (Wildman–Crippen MR) is 101 cm³/mol. The maximum atomic E-state index is 12.7. The van der Waals surface area contributed by atoms with Crippen molar-refractivity contribution in [3.05, 3.63) is 88.7 Å². The largest absolute Gasteiger partial charge is 0.320 e. The van der Waals surface area contributed by atoms with Crippen molar-refractivity contribution in [2.24, 2.45) is 0 Å². The third-order valence-corrected chi connectivity index (χ3v) is 4.49. The number of rotatable bonds is 3. The third kappa shape index (κ3) is 2.86. The van der Waals surface area contributed by atoms with Crippen LogP contribution in [0.2, 0.25) is 5.15 Å². The van der Waals surface area contributed by atoms with Gasteiger partial charge in [-0.2, -0.15) is 0 Å². The average molecular weight is 378 g/mol. The van der Waals surface area contributed by atoms with E-state index in [1.165, 1.54) is 12.3 Å². The smallest absolute Gasteiger partial charge is 0.266 e. The van der Waals surface area contributed by atoms with E-state index in [9.17, 15) is 14.4 Å². The molecule has 132 valence electrons. The molecule has 0 fully saturated rings. The van der Waals surface area contributed by atoms with Crippen molar-refractivity contribution >= 4 is 40.7 Å². The van der Waals surface area contributed by atoms with Gasteiger partial charge in [0.15, 0.2) is 0 Å². The predicted octanol–water partition coefficient (Wildman–Crippen LogP) is 3.79. The molecule has 2 aromatic carbocycles. The van der Waals surface area contributed by atoms with Gasteiger partial charge in [0.25, 0.3) is 17.7 Å². The van der Waals surface area contributed by atoms with Gasteiger partial charge in [-0.3, -0.25) is 14.4 Å². The van der Waals surface area contributed by atoms with Crippen LogP contribution in [-0.4, -0.2) is 22.7 Å². The van der Waals surface area contributed by atoms with Gasteiger partial charge in [-0.25, -0.2) is 9.88 Å². The lowest BCUT2D eigenvalue weighted by Gasteiger charge is -2.18. The molecule has 27 heavy (non-hydrogen) atoms. The first-order valence-corrected chi connectivity index (χ1v) is 8.44. The molecule has 0 saturated heterocycles. The minimum absolute atomic E-state index is 0.0632. The number of aromatic nitrogens is 1. The molecule has 7 heteroatoms. The van der Waals surface area contributed by atoms with Crippen molar-refractivity contribution < 1.29 is 14.4 Å². The molecule has 0 spiro atoms. The van der Waals surface area contributed by atoms with Crippen LogP contribution in [-0.2, 0) is 0 Å². The molecule has 0 aliphatic carbocycles. The summed E-state index contributed by atoms with van der Waals surface area (Å²) in [5.41, 5.74) is 1.46. The molecule has 4 rings (SSSR count). The van der Waals surface area contributed by atoms with Crippen molar-refractivity contribution in [1.82, 2.24) is 4.98 Å². The number of nitrogens with one attached hydrogen (secondary N) is 1. The Morgan fingerprint density at radius 3 is 2.19 bits per heavy atom. The fraction of sp³-hybridized carbons (Fsp3) is 0. The van der Waals surface area contributed by atoms with Crippen LogP contribution >= 0.6 is 11.6 Å². The molecule has 0 saturated carbocycles. The van der Waals surface area contributed by atoms with E-state index in [2.05, 4.69) is 10.3 Å². The van der Waals surface area contributed by atoms with Crippen molar-refractivity contribution in [3.63, 3.8) is 0 Å². The summed E-state index contributed by atoms with van der Waals surface area (Å²) < 4.78 is 0. The van der Waals surface area contributed by atoms with E-state index in [0.717, 1.165) is 4.90 Å². The lowest BCUT2D eigenvalue weighted by atomic mass is 10.1. The molecule has 1 N–H and O–H groups in total. The normalized spacial score (nSPS) is 12.9. The van der Waals surface area contributed by atoms with E-state index in [0.29, 0.717) is 16.8 Å². The molecule has 0 radical (unpaired) electrons. The van der Waals surface area contributed by atoms with Gasteiger partial charge in [0.1, 0.15) is 5.15 Å². The monoisotopic (exact) mass is 377 g/mol. The van der Waals surface area contributed by atoms with Gasteiger partial charge in [-0.05, 0) is 36.4 Å². The van der Waals surface area contributed by atoms with Gasteiger partial charge in [0.2, 0.25) is 0 Å². The molecule has 0 bridgehead atoms. The topological polar surface area (TPSA) is 79.4 Å². The van der Waals surface area contributed by atoms with Crippen LogP contribution < -0.4 is 10.2 Å². The second-order valence-electron chi connectivity index (χ2n) is 5.80. The Balaban J connectivity index is 1.71. The summed E-state index contributed by atoms with van der Waals surface area (Å²) in [6.45, 7) is 0. The molecule has 0 unspecified atom stereocenters. The zero-order valence-electron chi connectivity index (χ0n) is 13.8. The molecular weight excluding hydrogens is 366 g/mol. The van der Waals surface area contributed by atoms with E-state index in [1.54, 1.807) is 54.6 Å². The fourth-order valence-corrected chi connectivity index (χ4v) is 3.13. The Labute approximate surface area is 159 Å². The average Bonchev–Trinajstić information content (AvgIpc) is 2.94. The van der Waals surface area contributed by atoms with E-state index < -0.39 is 17.7 Å². The second-order valence-corrected chi connectivity index (χ2v) is 6.16. The van der Waals surface area contributed by atoms with Gasteiger partial charge >= 0.3 is 0 Å². The van der Waals surface area contributed by atoms with Crippen LogP contribution in [0.1, 0.15) is 31.1 Å². The van der Waals surface area contributed by atoms with E-state index >= 15 is 0 Å². The van der Waals surface area contributed by atoms with Crippen LogP contribution in [0.15, 0.2) is 66.9 Å². The summed E-state index contributed by atoms with van der Waals surface area (Å²) in [6.07, 6.45) is 1.48. The number of carbonyl (C=O) groups excluding carboxylic acids is 3. The number of anilines is 2. The van der Waals surface area contributed by atoms with Gasteiger partial charge in [0, 0.05) is 6.20 Å². The maximum Gasteiger partial charge on any atom is 0.266 e. The van der Waals surface area contributed by atoms with Gasteiger partial charge in [-0.15, -0.1) is 0 Å². The maximum absolute atomic E-state index is 12.7. The number of para-hydroxylation sites is 2. The standard InChI is InChI=1S/C20H12ClN3O3/c21-17-14(8-5-11-22-17)18(25)23-15-9-3-4-10-16(15)24-19(26)12-6-1-2-7-13(12)20(24)27/h1-11H,(H,23,25). The van der Waals surface area contributed by atoms with Crippen molar-refractivity contribution in [2.75, 3.05) is 10.2 Å². The highest BCUT2D eigenvalue weighted by molar-refractivity contribution is 6.36. The van der Waals surface area contributed by atoms with Crippen molar-refractivity contribution in [3.8, 4) is 0 Å². The highest BCUT2D eigenvalue weighted by Gasteiger charge is 2.37. The van der Waals surface area contributed by atoms with Gasteiger partial charge < -0.3 is 5.32 Å². The molecule has 1 aliphatic heterocycles. The van der Waals surface area contributed by atoms with E-state index in [4.69, 9.17) is 11.6 Å². The number of carbonyl (C=O) groups is 3. The molecule has 1 aromatic heterocycles. The minimum atomic E-state index is -0.489. The summed E-state index contributed by atoms with van der Waals surface area (Å²) in [6, 6.07) is 16.3. The highest BCUT2D eigenvalue weighted by Crippen LogP contribution is 2.33. The lowest BCUT2D eigenvalue weighted by molar-refractivity contribution is 0.0924. The summed E-state index contributed by atoms with van der Waals surface area (Å²) in [5.74, 6) is -1.36. The molecule has 1 aliphatic rings. The molecule has 3 amide bonds. The molecule has 3 aromatic rings. The molecular formula is C20H12ClN3O3. The van der Waals surface area contributed by atoms with Crippen LogP contribution in [0.5, 0.6) is 0 Å². The lowest BCUT2D eigenvalue weighted by Crippen LogP contribution is -2.30. The Bertz CT molecular complexity index is 1060. The van der Waals surface area contributed by atoms with Crippen LogP contribution in [0, 0.1) is 0 Å². The molecule has 0 atom stereocenters. The van der Waals surface area contributed by atoms with E-state index in [1.807, 2.05) is 0 Å². The van der Waals surface area contributed by atoms with Crippen molar-refractivity contribution in [2.45, 2.75) is 0 Å². The second kappa shape index (κ2) is 6.66. The number of benzene rings is 2. The van der Waals surface area contributed by atoms with Crippen LogP contribution in [0.3, 0.4) is 0 Å². The Kier molecular flexibility index (Phi) is 4.18. The first-order valence-electron chi connectivity index (χ1n) is 8.06. The Hall–Kier alpha value is -3.51. The first kappa shape index (κ1) is 16.9. The Morgan fingerprint density at radius 1 is 0.889 bits per heavy atom. The van der Waals surface area contributed by atoms with Crippen LogP contribution in [0.25, 0.3) is 0 Å². The third-order valence-electron chi connectivity index (χ3n) is 4.19. The SMILES string of the molecule is O=C(Nc1ccccc1N1C(=O)c2ccccc2C1=O)c1cccnc1Cl. The van der Waals surface area contributed by atoms with E-state index in [-0.39, 0.29) is 16.4 Å². The number of nitrogens with zero attached hydrogens (tertiary/aromatic N) is 2. The highest BCUT2D eigenvalue weighted by atomic mass is 35.5. The summed E-state index contributed by atoms with van der Waals surface area (Å²) >= 11 is 5.97. The van der Waals surface area contributed by atoms with Crippen LogP contribution in [0.4, 0.5) is 11.4 Å². The quantitative estimate of drug-likeness (QED) is 0.556. The summed E-state index contributed by atoms with van der Waals surface area (Å²) in [4.78, 5) is 43.0. The molecule has 6 nitrogen and oxygen atoms in total. The number of hydrogen-bond acceptors (Lipinski definition) is 4. The number of pyridine rings is 1. The fourth-order valence-electron chi connectivity index (χ4n) is 2.93. The number of halogens is 1. The number of imide groups is 1. The summed E-state index contributed by atoms with van der Waals surface area (Å²) in [5, 5.41) is 2.77. The number of amides is 3. The number of fused-ring (bicyclic) bond motifs is 1. The zero-order valence-corrected chi connectivity index (χ0v) is 14.6. The Morgan fingerprint density at radius 2 is 1.52 bits per heavy atom. The first-order chi connectivity index (χ1) is 13.1. The minimum Gasteiger partial charge on any atom is -0.320 e. The molecule has 2 heterocycles. The zero-order chi connectivity index (χ0) is 19.0. The van der Waals surface area contributed by atoms with Gasteiger partial charge in [0.05, 0.1) is 28.1 Å². The van der Waals surface area contributed by atoms with Crippen molar-refractivity contribution in [1.29, 1.82) is 0 Å².